The van der Waals surface area contributed by atoms with Crippen molar-refractivity contribution in [1.82, 2.24) is 4.90 Å². The Labute approximate surface area is 178 Å². The average molecular weight is 458 g/mol. The zero-order chi connectivity index (χ0) is 23.6. The molecule has 0 saturated carbocycles. The normalized spacial score (nSPS) is 17.2. The van der Waals surface area contributed by atoms with Crippen LogP contribution >= 0.6 is 0 Å². The molecule has 0 bridgehead atoms. The van der Waals surface area contributed by atoms with Crippen molar-refractivity contribution in [3.05, 3.63) is 29.3 Å². The van der Waals surface area contributed by atoms with E-state index in [0.717, 1.165) is 0 Å². The summed E-state index contributed by atoms with van der Waals surface area (Å²) < 4.78 is 59.9. The minimum Gasteiger partial charge on any atom is -0.451 e. The molecule has 0 unspecified atom stereocenters. The predicted molar refractivity (Wildman–Crippen MR) is 99.9 cm³/mol. The van der Waals surface area contributed by atoms with Gasteiger partial charge in [-0.2, -0.15) is 10.1 Å². The van der Waals surface area contributed by atoms with Crippen LogP contribution in [0.3, 0.4) is 0 Å². The van der Waals surface area contributed by atoms with Gasteiger partial charge in [0.1, 0.15) is 11.4 Å². The fourth-order valence-corrected chi connectivity index (χ4v) is 3.34. The van der Waals surface area contributed by atoms with Crippen molar-refractivity contribution < 1.29 is 41.5 Å². The smallest absolute Gasteiger partial charge is 0.355 e. The van der Waals surface area contributed by atoms with Crippen molar-refractivity contribution in [2.24, 2.45) is 16.8 Å². The first-order valence-corrected chi connectivity index (χ1v) is 9.57. The SMILES string of the molecule is NC(=O)C1CCN(C(=O)COC(=O)C2=NN(c3c(F)c(F)cc(F)c3F)C(=O)CC2)CC1. The number of carbonyl (C=O) groups is 4. The zero-order valence-electron chi connectivity index (χ0n) is 16.6. The molecule has 1 fully saturated rings. The number of carbonyl (C=O) groups excluding carboxylic acids is 4. The molecule has 1 aromatic carbocycles. The van der Waals surface area contributed by atoms with Gasteiger partial charge in [0.25, 0.3) is 5.91 Å². The van der Waals surface area contributed by atoms with Gasteiger partial charge < -0.3 is 15.4 Å². The van der Waals surface area contributed by atoms with Gasteiger partial charge in [-0.1, -0.05) is 0 Å². The highest BCUT2D eigenvalue weighted by Crippen LogP contribution is 2.30. The Hall–Kier alpha value is -3.51. The van der Waals surface area contributed by atoms with Crippen LogP contribution in [0.1, 0.15) is 25.7 Å². The van der Waals surface area contributed by atoms with Crippen LogP contribution < -0.4 is 10.7 Å². The largest absolute Gasteiger partial charge is 0.451 e. The molecule has 2 N–H and O–H groups in total. The number of primary amides is 1. The van der Waals surface area contributed by atoms with E-state index in [1.807, 2.05) is 0 Å². The number of benzene rings is 1. The molecule has 2 heterocycles. The van der Waals surface area contributed by atoms with E-state index < -0.39 is 71.4 Å². The number of hydrazone groups is 1. The lowest BCUT2D eigenvalue weighted by molar-refractivity contribution is -0.148. The fourth-order valence-electron chi connectivity index (χ4n) is 3.34. The average Bonchev–Trinajstić information content (AvgIpc) is 2.77. The molecule has 0 radical (unpaired) electrons. The monoisotopic (exact) mass is 458 g/mol. The zero-order valence-corrected chi connectivity index (χ0v) is 16.6. The third kappa shape index (κ3) is 4.70. The number of nitrogens with two attached hydrogens (primary N) is 1. The number of nitrogens with zero attached hydrogens (tertiary/aromatic N) is 3. The van der Waals surface area contributed by atoms with E-state index in [4.69, 9.17) is 10.5 Å². The molecule has 9 nitrogen and oxygen atoms in total. The van der Waals surface area contributed by atoms with Crippen molar-refractivity contribution in [1.29, 1.82) is 0 Å². The molecule has 3 amide bonds. The maximum absolute atomic E-state index is 14.0. The van der Waals surface area contributed by atoms with Gasteiger partial charge in [0.15, 0.2) is 29.9 Å². The summed E-state index contributed by atoms with van der Waals surface area (Å²) in [5.41, 5.74) is 3.36. The minimum absolute atomic E-state index is 0.0284. The number of halogens is 4. The fraction of sp³-hybridized carbons (Fsp3) is 0.421. The predicted octanol–water partition coefficient (Wildman–Crippen LogP) is 0.993. The molecule has 13 heteroatoms. The Balaban J connectivity index is 1.68. The third-order valence-corrected chi connectivity index (χ3v) is 5.15. The van der Waals surface area contributed by atoms with Crippen molar-refractivity contribution in [3.63, 3.8) is 0 Å². The summed E-state index contributed by atoms with van der Waals surface area (Å²) in [5, 5.41) is 3.56. The van der Waals surface area contributed by atoms with Crippen LogP contribution in [0, 0.1) is 29.2 Å². The van der Waals surface area contributed by atoms with E-state index in [2.05, 4.69) is 5.10 Å². The van der Waals surface area contributed by atoms with Crippen LogP contribution in [0.25, 0.3) is 0 Å². The van der Waals surface area contributed by atoms with E-state index in [1.165, 1.54) is 4.90 Å². The van der Waals surface area contributed by atoms with Crippen LogP contribution in [-0.4, -0.2) is 54.0 Å². The standard InChI is InChI=1S/C19H18F4N4O5/c20-10-7-11(21)16(23)17(15(10)22)27-13(28)2-1-12(25-27)19(31)32-8-14(29)26-5-3-9(4-6-26)18(24)30/h7,9H,1-6,8H2,(H2,24,30). The number of piperidine rings is 1. The summed E-state index contributed by atoms with van der Waals surface area (Å²) in [6.45, 7) is -0.182. The molecule has 0 aromatic heterocycles. The highest BCUT2D eigenvalue weighted by atomic mass is 19.2. The second-order valence-electron chi connectivity index (χ2n) is 7.20. The Morgan fingerprint density at radius 3 is 2.22 bits per heavy atom. The van der Waals surface area contributed by atoms with Crippen LogP contribution in [0.2, 0.25) is 0 Å². The summed E-state index contributed by atoms with van der Waals surface area (Å²) in [5.74, 6) is -10.7. The minimum atomic E-state index is -1.86. The molecule has 2 aliphatic heterocycles. The molecule has 172 valence electrons. The first kappa shape index (κ1) is 23.2. The molecular weight excluding hydrogens is 440 g/mol. The van der Waals surface area contributed by atoms with E-state index >= 15 is 0 Å². The lowest BCUT2D eigenvalue weighted by Gasteiger charge is -2.30. The van der Waals surface area contributed by atoms with Gasteiger partial charge in [-0.15, -0.1) is 0 Å². The quantitative estimate of drug-likeness (QED) is 0.401. The maximum atomic E-state index is 14.0. The van der Waals surface area contributed by atoms with E-state index in [1.54, 1.807) is 0 Å². The third-order valence-electron chi connectivity index (χ3n) is 5.15. The van der Waals surface area contributed by atoms with Gasteiger partial charge >= 0.3 is 5.97 Å². The lowest BCUT2D eigenvalue weighted by atomic mass is 9.96. The molecule has 2 aliphatic rings. The number of esters is 1. The van der Waals surface area contributed by atoms with E-state index in [0.29, 0.717) is 12.8 Å². The van der Waals surface area contributed by atoms with Crippen LogP contribution in [0.4, 0.5) is 23.2 Å². The van der Waals surface area contributed by atoms with Gasteiger partial charge in [0.05, 0.1) is 0 Å². The molecule has 0 aliphatic carbocycles. The number of anilines is 1. The molecule has 0 spiro atoms. The Bertz CT molecular complexity index is 982. The first-order valence-electron chi connectivity index (χ1n) is 9.57. The molecule has 3 rings (SSSR count). The van der Waals surface area contributed by atoms with Gasteiger partial charge in [-0.25, -0.2) is 22.4 Å². The number of hydrogen-bond donors (Lipinski definition) is 1. The highest BCUT2D eigenvalue weighted by Gasteiger charge is 2.33. The van der Waals surface area contributed by atoms with Gasteiger partial charge in [0, 0.05) is 37.9 Å². The Kier molecular flexibility index (Phi) is 6.75. The van der Waals surface area contributed by atoms with Crippen molar-refractivity contribution in [2.75, 3.05) is 24.7 Å². The molecular formula is C19H18F4N4O5. The summed E-state index contributed by atoms with van der Waals surface area (Å²) >= 11 is 0. The summed E-state index contributed by atoms with van der Waals surface area (Å²) in [4.78, 5) is 49.0. The number of hydrogen-bond acceptors (Lipinski definition) is 6. The van der Waals surface area contributed by atoms with Crippen LogP contribution in [-0.2, 0) is 23.9 Å². The van der Waals surface area contributed by atoms with Crippen LogP contribution in [0.15, 0.2) is 11.2 Å². The summed E-state index contributed by atoms with van der Waals surface area (Å²) in [7, 11) is 0. The highest BCUT2D eigenvalue weighted by molar-refractivity contribution is 6.38. The molecule has 0 atom stereocenters. The van der Waals surface area contributed by atoms with Crippen molar-refractivity contribution in [3.8, 4) is 0 Å². The summed E-state index contributed by atoms with van der Waals surface area (Å²) in [6.07, 6.45) is 0.0349. The van der Waals surface area contributed by atoms with E-state index in [-0.39, 0.29) is 36.5 Å². The molecule has 32 heavy (non-hydrogen) atoms. The second kappa shape index (κ2) is 9.32. The van der Waals surface area contributed by atoms with Crippen LogP contribution in [0.5, 0.6) is 0 Å². The summed E-state index contributed by atoms with van der Waals surface area (Å²) in [6, 6.07) is -0.0284. The first-order chi connectivity index (χ1) is 15.1. The number of rotatable bonds is 5. The van der Waals surface area contributed by atoms with Gasteiger partial charge in [-0.3, -0.25) is 14.4 Å². The van der Waals surface area contributed by atoms with Crippen molar-refractivity contribution >= 4 is 35.1 Å². The Morgan fingerprint density at radius 1 is 1.06 bits per heavy atom. The second-order valence-corrected chi connectivity index (χ2v) is 7.20. The maximum Gasteiger partial charge on any atom is 0.355 e. The molecule has 1 aromatic rings. The van der Waals surface area contributed by atoms with Gasteiger partial charge in [-0.05, 0) is 12.8 Å². The lowest BCUT2D eigenvalue weighted by Crippen LogP contribution is -2.43. The van der Waals surface area contributed by atoms with Gasteiger partial charge in [0.2, 0.25) is 11.8 Å². The number of ether oxygens (including phenoxy) is 1. The number of likely N-dealkylation sites (tertiary alicyclic amines) is 1. The Morgan fingerprint density at radius 2 is 1.66 bits per heavy atom. The van der Waals surface area contributed by atoms with E-state index in [9.17, 15) is 36.7 Å². The molecule has 1 saturated heterocycles. The topological polar surface area (TPSA) is 122 Å². The number of amides is 3. The van der Waals surface area contributed by atoms with Crippen molar-refractivity contribution in [2.45, 2.75) is 25.7 Å².